The molecule has 1 heterocycles. The molecule has 1 aromatic carbocycles. The first-order chi connectivity index (χ1) is 8.99. The van der Waals surface area contributed by atoms with Crippen molar-refractivity contribution in [2.24, 2.45) is 0 Å². The van der Waals surface area contributed by atoms with Gasteiger partial charge in [0.25, 0.3) is 0 Å². The predicted molar refractivity (Wildman–Crippen MR) is 79.0 cm³/mol. The van der Waals surface area contributed by atoms with Gasteiger partial charge < -0.3 is 4.74 Å². The molecular weight excluding hydrogens is 258 g/mol. The van der Waals surface area contributed by atoms with Crippen molar-refractivity contribution in [1.29, 1.82) is 0 Å². The lowest BCUT2D eigenvalue weighted by atomic mass is 9.91. The number of rotatable bonds is 3. The zero-order valence-corrected chi connectivity index (χ0v) is 12.2. The molecule has 0 aliphatic heterocycles. The third kappa shape index (κ3) is 3.71. The van der Waals surface area contributed by atoms with Gasteiger partial charge in [-0.3, -0.25) is 0 Å². The SMILES string of the molecule is CC(C)(C)c1cc(CCl)cc(Oc2ccccc2)n1. The smallest absolute Gasteiger partial charge is 0.219 e. The number of hydrogen-bond acceptors (Lipinski definition) is 2. The molecule has 3 heteroatoms. The minimum atomic E-state index is -0.0309. The predicted octanol–water partition coefficient (Wildman–Crippen LogP) is 4.91. The van der Waals surface area contributed by atoms with Gasteiger partial charge in [0.15, 0.2) is 0 Å². The van der Waals surface area contributed by atoms with E-state index in [4.69, 9.17) is 16.3 Å². The molecule has 100 valence electrons. The molecule has 0 fully saturated rings. The van der Waals surface area contributed by atoms with Crippen molar-refractivity contribution < 1.29 is 4.74 Å². The minimum absolute atomic E-state index is 0.0309. The van der Waals surface area contributed by atoms with Crippen LogP contribution in [0.2, 0.25) is 0 Å². The van der Waals surface area contributed by atoms with E-state index in [1.54, 1.807) is 0 Å². The number of aromatic nitrogens is 1. The Bertz CT molecular complexity index is 546. The van der Waals surface area contributed by atoms with Crippen molar-refractivity contribution in [2.75, 3.05) is 0 Å². The van der Waals surface area contributed by atoms with Crippen molar-refractivity contribution in [3.63, 3.8) is 0 Å². The van der Waals surface area contributed by atoms with E-state index in [1.165, 1.54) is 0 Å². The molecule has 0 N–H and O–H groups in total. The van der Waals surface area contributed by atoms with Crippen LogP contribution < -0.4 is 4.74 Å². The fraction of sp³-hybridized carbons (Fsp3) is 0.312. The Balaban J connectivity index is 2.35. The van der Waals surface area contributed by atoms with Crippen LogP contribution in [-0.4, -0.2) is 4.98 Å². The summed E-state index contributed by atoms with van der Waals surface area (Å²) in [5.41, 5.74) is 1.97. The van der Waals surface area contributed by atoms with Gasteiger partial charge in [-0.1, -0.05) is 39.0 Å². The minimum Gasteiger partial charge on any atom is -0.439 e. The van der Waals surface area contributed by atoms with Gasteiger partial charge in [-0.25, -0.2) is 4.98 Å². The molecule has 0 aliphatic carbocycles. The molecule has 2 aromatic rings. The van der Waals surface area contributed by atoms with Crippen molar-refractivity contribution in [3.8, 4) is 11.6 Å². The van der Waals surface area contributed by atoms with Gasteiger partial charge in [-0.05, 0) is 23.8 Å². The Morgan fingerprint density at radius 1 is 1.11 bits per heavy atom. The number of hydrogen-bond donors (Lipinski definition) is 0. The largest absolute Gasteiger partial charge is 0.439 e. The van der Waals surface area contributed by atoms with Crippen LogP contribution in [0.15, 0.2) is 42.5 Å². The molecule has 0 saturated heterocycles. The van der Waals surface area contributed by atoms with Crippen LogP contribution in [0.3, 0.4) is 0 Å². The van der Waals surface area contributed by atoms with Gasteiger partial charge >= 0.3 is 0 Å². The summed E-state index contributed by atoms with van der Waals surface area (Å²) in [6, 6.07) is 13.6. The van der Waals surface area contributed by atoms with Gasteiger partial charge in [-0.15, -0.1) is 11.6 Å². The highest BCUT2D eigenvalue weighted by Crippen LogP contribution is 2.27. The highest BCUT2D eigenvalue weighted by Gasteiger charge is 2.17. The van der Waals surface area contributed by atoms with Crippen LogP contribution >= 0.6 is 11.6 Å². The molecule has 19 heavy (non-hydrogen) atoms. The second-order valence-corrected chi connectivity index (χ2v) is 5.76. The Labute approximate surface area is 119 Å². The number of nitrogens with zero attached hydrogens (tertiary/aromatic N) is 1. The van der Waals surface area contributed by atoms with E-state index >= 15 is 0 Å². The summed E-state index contributed by atoms with van der Waals surface area (Å²) in [5, 5.41) is 0. The Morgan fingerprint density at radius 2 is 1.79 bits per heavy atom. The molecule has 0 atom stereocenters. The first-order valence-electron chi connectivity index (χ1n) is 6.29. The normalized spacial score (nSPS) is 11.4. The molecule has 0 amide bonds. The molecule has 0 bridgehead atoms. The highest BCUT2D eigenvalue weighted by atomic mass is 35.5. The number of benzene rings is 1. The molecule has 2 nitrogen and oxygen atoms in total. The summed E-state index contributed by atoms with van der Waals surface area (Å²) in [5.74, 6) is 1.83. The van der Waals surface area contributed by atoms with Crippen molar-refractivity contribution in [2.45, 2.75) is 32.1 Å². The monoisotopic (exact) mass is 275 g/mol. The second kappa shape index (κ2) is 5.62. The first kappa shape index (κ1) is 13.9. The van der Waals surface area contributed by atoms with E-state index in [0.29, 0.717) is 11.8 Å². The summed E-state index contributed by atoms with van der Waals surface area (Å²) < 4.78 is 5.79. The van der Waals surface area contributed by atoms with Crippen LogP contribution in [0.5, 0.6) is 11.6 Å². The zero-order chi connectivity index (χ0) is 13.9. The molecule has 2 rings (SSSR count). The molecule has 0 spiro atoms. The summed E-state index contributed by atoms with van der Waals surface area (Å²) >= 11 is 5.94. The molecule has 0 radical (unpaired) electrons. The highest BCUT2D eigenvalue weighted by molar-refractivity contribution is 6.17. The quantitative estimate of drug-likeness (QED) is 0.743. The number of pyridine rings is 1. The van der Waals surface area contributed by atoms with E-state index in [2.05, 4.69) is 25.8 Å². The lowest BCUT2D eigenvalue weighted by molar-refractivity contribution is 0.451. The third-order valence-corrected chi connectivity index (χ3v) is 3.06. The van der Waals surface area contributed by atoms with Gasteiger partial charge in [0, 0.05) is 17.4 Å². The topological polar surface area (TPSA) is 22.1 Å². The van der Waals surface area contributed by atoms with E-state index in [0.717, 1.165) is 17.0 Å². The number of alkyl halides is 1. The number of para-hydroxylation sites is 1. The summed E-state index contributed by atoms with van der Waals surface area (Å²) in [7, 11) is 0. The molecule has 1 aromatic heterocycles. The summed E-state index contributed by atoms with van der Waals surface area (Å²) in [4.78, 5) is 4.57. The first-order valence-corrected chi connectivity index (χ1v) is 6.83. The zero-order valence-electron chi connectivity index (χ0n) is 11.5. The number of halogens is 1. The Kier molecular flexibility index (Phi) is 4.11. The molecular formula is C16H18ClNO. The van der Waals surface area contributed by atoms with Crippen molar-refractivity contribution in [3.05, 3.63) is 53.7 Å². The molecule has 0 aliphatic rings. The van der Waals surface area contributed by atoms with Crippen LogP contribution in [0.1, 0.15) is 32.0 Å². The average Bonchev–Trinajstić information content (AvgIpc) is 2.38. The van der Waals surface area contributed by atoms with Crippen molar-refractivity contribution in [1.82, 2.24) is 4.98 Å². The standard InChI is InChI=1S/C16H18ClNO/c1-16(2,3)14-9-12(11-17)10-15(18-14)19-13-7-5-4-6-8-13/h4-10H,11H2,1-3H3. The van der Waals surface area contributed by atoms with Crippen molar-refractivity contribution >= 4 is 11.6 Å². The fourth-order valence-corrected chi connectivity index (χ4v) is 1.84. The van der Waals surface area contributed by atoms with E-state index < -0.39 is 0 Å². The fourth-order valence-electron chi connectivity index (χ4n) is 1.68. The maximum absolute atomic E-state index is 5.94. The molecule has 0 unspecified atom stereocenters. The van der Waals surface area contributed by atoms with E-state index in [1.807, 2.05) is 42.5 Å². The van der Waals surface area contributed by atoms with Crippen LogP contribution in [0.4, 0.5) is 0 Å². The van der Waals surface area contributed by atoms with Crippen LogP contribution in [0, 0.1) is 0 Å². The number of ether oxygens (including phenoxy) is 1. The van der Waals surface area contributed by atoms with Gasteiger partial charge in [0.2, 0.25) is 5.88 Å². The lowest BCUT2D eigenvalue weighted by Crippen LogP contribution is -2.14. The van der Waals surface area contributed by atoms with Crippen LogP contribution in [0.25, 0.3) is 0 Å². The van der Waals surface area contributed by atoms with Gasteiger partial charge in [-0.2, -0.15) is 0 Å². The van der Waals surface area contributed by atoms with E-state index in [9.17, 15) is 0 Å². The summed E-state index contributed by atoms with van der Waals surface area (Å²) in [6.07, 6.45) is 0. The van der Waals surface area contributed by atoms with E-state index in [-0.39, 0.29) is 5.41 Å². The molecule has 0 saturated carbocycles. The Hall–Kier alpha value is -1.54. The maximum Gasteiger partial charge on any atom is 0.219 e. The summed E-state index contributed by atoms with van der Waals surface area (Å²) in [6.45, 7) is 6.37. The lowest BCUT2D eigenvalue weighted by Gasteiger charge is -2.19. The Morgan fingerprint density at radius 3 is 2.37 bits per heavy atom. The maximum atomic E-state index is 5.94. The third-order valence-electron chi connectivity index (χ3n) is 2.75. The van der Waals surface area contributed by atoms with Crippen LogP contribution in [-0.2, 0) is 11.3 Å². The van der Waals surface area contributed by atoms with Gasteiger partial charge in [0.1, 0.15) is 5.75 Å². The van der Waals surface area contributed by atoms with Gasteiger partial charge in [0.05, 0.1) is 5.69 Å². The second-order valence-electron chi connectivity index (χ2n) is 5.50. The average molecular weight is 276 g/mol.